The summed E-state index contributed by atoms with van der Waals surface area (Å²) in [5, 5.41) is 2.39. The van der Waals surface area contributed by atoms with Gasteiger partial charge in [-0.2, -0.15) is 0 Å². The van der Waals surface area contributed by atoms with Crippen LogP contribution in [-0.2, 0) is 4.79 Å². The Morgan fingerprint density at radius 3 is 2.38 bits per heavy atom. The van der Waals surface area contributed by atoms with E-state index in [1.807, 2.05) is 13.8 Å². The molecule has 78 valence electrons. The van der Waals surface area contributed by atoms with Crippen LogP contribution >= 0.6 is 0 Å². The number of carbonyl (C=O) groups excluding carboxylic acids is 1. The van der Waals surface area contributed by atoms with Crippen molar-refractivity contribution in [2.24, 2.45) is 10.7 Å². The van der Waals surface area contributed by atoms with Gasteiger partial charge in [0.25, 0.3) is 0 Å². The maximum Gasteiger partial charge on any atom is 0.223 e. The van der Waals surface area contributed by atoms with Gasteiger partial charge in [0.15, 0.2) is 5.96 Å². The van der Waals surface area contributed by atoms with Crippen LogP contribution in [-0.4, -0.2) is 18.4 Å². The largest absolute Gasteiger partial charge is 0.370 e. The molecule has 0 radical (unpaired) electrons. The first kappa shape index (κ1) is 14.5. The van der Waals surface area contributed by atoms with Gasteiger partial charge < -0.3 is 5.73 Å². The van der Waals surface area contributed by atoms with Gasteiger partial charge in [-0.15, -0.1) is 0 Å². The molecule has 0 saturated carbocycles. The van der Waals surface area contributed by atoms with Crippen LogP contribution in [0, 0.1) is 0 Å². The van der Waals surface area contributed by atoms with E-state index in [1.165, 1.54) is 6.92 Å². The van der Waals surface area contributed by atoms with Crippen molar-refractivity contribution in [2.75, 3.05) is 6.54 Å². The molecule has 0 saturated heterocycles. The molecule has 4 heteroatoms. The quantitative estimate of drug-likeness (QED) is 0.397. The zero-order valence-corrected chi connectivity index (χ0v) is 9.05. The molecule has 0 aliphatic carbocycles. The highest BCUT2D eigenvalue weighted by molar-refractivity contribution is 5.94. The van der Waals surface area contributed by atoms with Crippen LogP contribution in [0.3, 0.4) is 0 Å². The first-order chi connectivity index (χ1) is 6.16. The average molecular weight is 187 g/mol. The summed E-state index contributed by atoms with van der Waals surface area (Å²) in [7, 11) is 0. The van der Waals surface area contributed by atoms with Gasteiger partial charge in [-0.3, -0.25) is 15.1 Å². The normalized spacial score (nSPS) is 10.0. The summed E-state index contributed by atoms with van der Waals surface area (Å²) in [6.45, 7) is 8.16. The van der Waals surface area contributed by atoms with E-state index in [9.17, 15) is 4.79 Å². The third-order valence-electron chi connectivity index (χ3n) is 1.10. The third-order valence-corrected chi connectivity index (χ3v) is 1.10. The monoisotopic (exact) mass is 187 g/mol. The van der Waals surface area contributed by atoms with Gasteiger partial charge in [0.2, 0.25) is 5.91 Å². The van der Waals surface area contributed by atoms with Gasteiger partial charge in [0.1, 0.15) is 0 Å². The number of rotatable bonds is 3. The van der Waals surface area contributed by atoms with Gasteiger partial charge in [-0.25, -0.2) is 0 Å². The molecular formula is C9H21N3O. The molecule has 0 rings (SSSR count). The molecule has 0 aliphatic heterocycles. The van der Waals surface area contributed by atoms with Crippen molar-refractivity contribution in [3.05, 3.63) is 0 Å². The molecule has 3 N–H and O–H groups in total. The molecule has 0 aromatic heterocycles. The van der Waals surface area contributed by atoms with Crippen LogP contribution in [0.1, 0.15) is 40.5 Å². The van der Waals surface area contributed by atoms with Crippen LogP contribution in [0.4, 0.5) is 0 Å². The Balaban J connectivity index is 0. The van der Waals surface area contributed by atoms with E-state index in [1.54, 1.807) is 0 Å². The van der Waals surface area contributed by atoms with Gasteiger partial charge in [0, 0.05) is 13.5 Å². The molecule has 0 unspecified atom stereocenters. The first-order valence-electron chi connectivity index (χ1n) is 4.74. The predicted molar refractivity (Wildman–Crippen MR) is 56.6 cm³/mol. The Bertz CT molecular complexity index is 155. The molecule has 0 bridgehead atoms. The van der Waals surface area contributed by atoms with Gasteiger partial charge in [0.05, 0.1) is 0 Å². The molecule has 0 aromatic rings. The highest BCUT2D eigenvalue weighted by Gasteiger charge is 1.92. The zero-order chi connectivity index (χ0) is 10.7. The fourth-order valence-electron chi connectivity index (χ4n) is 0.578. The Hall–Kier alpha value is -1.06. The molecule has 0 atom stereocenters. The van der Waals surface area contributed by atoms with E-state index in [0.717, 1.165) is 12.8 Å². The third kappa shape index (κ3) is 13.9. The second kappa shape index (κ2) is 10.9. The number of nitrogens with zero attached hydrogens (tertiary/aromatic N) is 1. The van der Waals surface area contributed by atoms with Gasteiger partial charge >= 0.3 is 0 Å². The highest BCUT2D eigenvalue weighted by Crippen LogP contribution is 1.85. The standard InChI is InChI=1S/C7H15N3O.C2H6/c1-3-4-5-9-7(8)10-6(2)11;1-2/h3-5H2,1-2H3,(H3,8,9,10,11);1-2H3. The maximum absolute atomic E-state index is 10.4. The van der Waals surface area contributed by atoms with Gasteiger partial charge in [-0.1, -0.05) is 27.2 Å². The number of aliphatic imine (C=N–C) groups is 1. The number of amides is 1. The number of guanidine groups is 1. The van der Waals surface area contributed by atoms with E-state index in [0.29, 0.717) is 6.54 Å². The molecule has 4 nitrogen and oxygen atoms in total. The molecule has 0 aromatic carbocycles. The Morgan fingerprint density at radius 2 is 2.00 bits per heavy atom. The second-order valence-corrected chi connectivity index (χ2v) is 2.30. The van der Waals surface area contributed by atoms with Crippen molar-refractivity contribution >= 4 is 11.9 Å². The van der Waals surface area contributed by atoms with Crippen molar-refractivity contribution in [3.8, 4) is 0 Å². The van der Waals surface area contributed by atoms with E-state index in [-0.39, 0.29) is 11.9 Å². The molecule has 0 spiro atoms. The fraction of sp³-hybridized carbons (Fsp3) is 0.778. The van der Waals surface area contributed by atoms with Crippen LogP contribution in [0.2, 0.25) is 0 Å². The Labute approximate surface area is 80.6 Å². The number of nitrogens with one attached hydrogen (secondary N) is 1. The minimum Gasteiger partial charge on any atom is -0.370 e. The molecule has 1 amide bonds. The lowest BCUT2D eigenvalue weighted by Gasteiger charge is -1.98. The summed E-state index contributed by atoms with van der Waals surface area (Å²) in [5.41, 5.74) is 5.33. The number of nitrogens with two attached hydrogens (primary N) is 1. The summed E-state index contributed by atoms with van der Waals surface area (Å²) < 4.78 is 0. The number of hydrogen-bond donors (Lipinski definition) is 2. The lowest BCUT2D eigenvalue weighted by atomic mass is 10.3. The minimum absolute atomic E-state index is 0.178. The van der Waals surface area contributed by atoms with Gasteiger partial charge in [-0.05, 0) is 6.42 Å². The summed E-state index contributed by atoms with van der Waals surface area (Å²) in [4.78, 5) is 14.3. The summed E-state index contributed by atoms with van der Waals surface area (Å²) >= 11 is 0. The molecule has 13 heavy (non-hydrogen) atoms. The Morgan fingerprint density at radius 1 is 1.46 bits per heavy atom. The number of hydrogen-bond acceptors (Lipinski definition) is 2. The van der Waals surface area contributed by atoms with E-state index < -0.39 is 0 Å². The van der Waals surface area contributed by atoms with Crippen molar-refractivity contribution in [3.63, 3.8) is 0 Å². The van der Waals surface area contributed by atoms with Crippen molar-refractivity contribution in [2.45, 2.75) is 40.5 Å². The highest BCUT2D eigenvalue weighted by atomic mass is 16.1. The molecule has 0 fully saturated rings. The smallest absolute Gasteiger partial charge is 0.223 e. The van der Waals surface area contributed by atoms with Crippen LogP contribution in [0.15, 0.2) is 4.99 Å². The molecule has 0 heterocycles. The topological polar surface area (TPSA) is 67.5 Å². The predicted octanol–water partition coefficient (Wildman–Crippen LogP) is 1.26. The number of carbonyl (C=O) groups is 1. The van der Waals surface area contributed by atoms with E-state index >= 15 is 0 Å². The first-order valence-corrected chi connectivity index (χ1v) is 4.74. The van der Waals surface area contributed by atoms with Crippen molar-refractivity contribution in [1.82, 2.24) is 5.32 Å². The lowest BCUT2D eigenvalue weighted by Crippen LogP contribution is -2.35. The summed E-state index contributed by atoms with van der Waals surface area (Å²) in [6, 6.07) is 0. The van der Waals surface area contributed by atoms with Crippen LogP contribution in [0.25, 0.3) is 0 Å². The van der Waals surface area contributed by atoms with E-state index in [2.05, 4.69) is 17.2 Å². The maximum atomic E-state index is 10.4. The van der Waals surface area contributed by atoms with Crippen molar-refractivity contribution < 1.29 is 4.79 Å². The van der Waals surface area contributed by atoms with Crippen LogP contribution < -0.4 is 11.1 Å². The second-order valence-electron chi connectivity index (χ2n) is 2.30. The minimum atomic E-state index is -0.178. The zero-order valence-electron chi connectivity index (χ0n) is 9.05. The average Bonchev–Trinajstić information content (AvgIpc) is 2.07. The fourth-order valence-corrected chi connectivity index (χ4v) is 0.578. The van der Waals surface area contributed by atoms with Crippen LogP contribution in [0.5, 0.6) is 0 Å². The molecule has 0 aliphatic rings. The summed E-state index contributed by atoms with van der Waals surface area (Å²) in [6.07, 6.45) is 2.08. The van der Waals surface area contributed by atoms with Crippen molar-refractivity contribution in [1.29, 1.82) is 0 Å². The lowest BCUT2D eigenvalue weighted by molar-refractivity contribution is -0.117. The number of unbranched alkanes of at least 4 members (excludes halogenated alkanes) is 1. The SMILES string of the molecule is CC.CCCCN=C(N)NC(C)=O. The Kier molecular flexibility index (Phi) is 12.2. The van der Waals surface area contributed by atoms with E-state index in [4.69, 9.17) is 5.73 Å². The molecular weight excluding hydrogens is 166 g/mol. The summed E-state index contributed by atoms with van der Waals surface area (Å²) in [5.74, 6) is 0.0358.